The Morgan fingerprint density at radius 2 is 1.88 bits per heavy atom. The van der Waals surface area contributed by atoms with E-state index in [0.717, 1.165) is 12.7 Å². The molecule has 0 saturated heterocycles. The number of ether oxygens (including phenoxy) is 1. The Morgan fingerprint density at radius 1 is 1.31 bits per heavy atom. The lowest BCUT2D eigenvalue weighted by molar-refractivity contribution is -0.110. The normalized spacial score (nSPS) is 14.9. The van der Waals surface area contributed by atoms with Gasteiger partial charge in [0.25, 0.3) is 0 Å². The van der Waals surface area contributed by atoms with Crippen molar-refractivity contribution in [3.63, 3.8) is 0 Å². The van der Waals surface area contributed by atoms with Crippen molar-refractivity contribution < 1.29 is 14.0 Å². The molecule has 4 heteroatoms. The number of aldehydes is 1. The lowest BCUT2D eigenvalue weighted by Gasteiger charge is -2.36. The third-order valence-corrected chi connectivity index (χ3v) is 7.94. The van der Waals surface area contributed by atoms with E-state index in [1.165, 1.54) is 0 Å². The van der Waals surface area contributed by atoms with Gasteiger partial charge in [-0.3, -0.25) is 0 Å². The van der Waals surface area contributed by atoms with Gasteiger partial charge in [0.2, 0.25) is 0 Å². The molecule has 0 aromatic heterocycles. The second kappa shape index (κ2) is 6.52. The van der Waals surface area contributed by atoms with E-state index >= 15 is 0 Å². The smallest absolute Gasteiger partial charge is 0.191 e. The van der Waals surface area contributed by atoms with Crippen molar-refractivity contribution in [2.45, 2.75) is 57.8 Å². The Bertz CT molecular complexity index is 209. The molecule has 0 aromatic rings. The number of carbonyl (C=O) groups is 1. The van der Waals surface area contributed by atoms with Crippen molar-refractivity contribution in [3.8, 4) is 0 Å². The average molecular weight is 246 g/mol. The van der Waals surface area contributed by atoms with Gasteiger partial charge in [-0.25, -0.2) is 0 Å². The van der Waals surface area contributed by atoms with Gasteiger partial charge in [-0.05, 0) is 24.6 Å². The van der Waals surface area contributed by atoms with Crippen molar-refractivity contribution in [2.75, 3.05) is 13.7 Å². The topological polar surface area (TPSA) is 35.5 Å². The summed E-state index contributed by atoms with van der Waals surface area (Å²) in [7, 11) is -0.0119. The molecule has 0 aliphatic carbocycles. The predicted molar refractivity (Wildman–Crippen MR) is 69.2 cm³/mol. The molecule has 0 unspecified atom stereocenters. The quantitative estimate of drug-likeness (QED) is 0.512. The fraction of sp³-hybridized carbons (Fsp3) is 0.917. The highest BCUT2D eigenvalue weighted by molar-refractivity contribution is 6.74. The van der Waals surface area contributed by atoms with Crippen LogP contribution < -0.4 is 0 Å². The van der Waals surface area contributed by atoms with E-state index in [0.29, 0.717) is 13.0 Å². The average Bonchev–Trinajstić information content (AvgIpc) is 2.14. The minimum absolute atomic E-state index is 0.00210. The molecule has 0 aliphatic heterocycles. The van der Waals surface area contributed by atoms with Crippen LogP contribution >= 0.6 is 0 Å². The summed E-state index contributed by atoms with van der Waals surface area (Å²) in [6, 6.07) is 0. The van der Waals surface area contributed by atoms with E-state index in [9.17, 15) is 4.79 Å². The zero-order chi connectivity index (χ0) is 12.8. The molecule has 1 atom stereocenters. The molecule has 0 amide bonds. The molecule has 0 rings (SSSR count). The third kappa shape index (κ3) is 5.23. The summed E-state index contributed by atoms with van der Waals surface area (Å²) in [5, 5.41) is 0.236. The van der Waals surface area contributed by atoms with Crippen LogP contribution in [0.5, 0.6) is 0 Å². The van der Waals surface area contributed by atoms with E-state index < -0.39 is 8.32 Å². The summed E-state index contributed by atoms with van der Waals surface area (Å²) in [5.74, 6) is 0. The second-order valence-electron chi connectivity index (χ2n) is 5.66. The largest absolute Gasteiger partial charge is 0.417 e. The van der Waals surface area contributed by atoms with Crippen LogP contribution in [0.15, 0.2) is 0 Å². The second-order valence-corrected chi connectivity index (χ2v) is 10.5. The van der Waals surface area contributed by atoms with Crippen LogP contribution in [-0.4, -0.2) is 34.4 Å². The van der Waals surface area contributed by atoms with Crippen molar-refractivity contribution in [2.24, 2.45) is 0 Å². The standard InChI is InChI=1S/C12H26O3Si/c1-12(2,3)16(5,6)15-10-8-11(14-4)7-9-13/h9,11H,7-8,10H2,1-6H3/t11-/m1/s1. The predicted octanol–water partition coefficient (Wildman–Crippen LogP) is 3.00. The van der Waals surface area contributed by atoms with E-state index in [-0.39, 0.29) is 11.1 Å². The first-order valence-electron chi connectivity index (χ1n) is 5.85. The summed E-state index contributed by atoms with van der Waals surface area (Å²) in [4.78, 5) is 10.4. The van der Waals surface area contributed by atoms with Gasteiger partial charge in [-0.1, -0.05) is 20.8 Å². The summed E-state index contributed by atoms with van der Waals surface area (Å²) in [5.41, 5.74) is 0. The molecule has 0 aliphatic rings. The SMILES string of the molecule is CO[C@H](CC=O)CCO[Si](C)(C)C(C)(C)C. The molecular formula is C12H26O3Si. The monoisotopic (exact) mass is 246 g/mol. The highest BCUT2D eigenvalue weighted by Gasteiger charge is 2.36. The number of hydrogen-bond acceptors (Lipinski definition) is 3. The Hall–Kier alpha value is -0.193. The Kier molecular flexibility index (Phi) is 6.44. The van der Waals surface area contributed by atoms with Crippen molar-refractivity contribution >= 4 is 14.6 Å². The summed E-state index contributed by atoms with van der Waals surface area (Å²) in [6.45, 7) is 11.8. The molecule has 0 heterocycles. The number of hydrogen-bond donors (Lipinski definition) is 0. The number of carbonyl (C=O) groups excluding carboxylic acids is 1. The summed E-state index contributed by atoms with van der Waals surface area (Å²) >= 11 is 0. The van der Waals surface area contributed by atoms with E-state index in [1.807, 2.05) is 0 Å². The molecule has 3 nitrogen and oxygen atoms in total. The van der Waals surface area contributed by atoms with Crippen LogP contribution in [-0.2, 0) is 14.0 Å². The van der Waals surface area contributed by atoms with Crippen LogP contribution in [0.3, 0.4) is 0 Å². The summed E-state index contributed by atoms with van der Waals surface area (Å²) < 4.78 is 11.2. The van der Waals surface area contributed by atoms with Crippen molar-refractivity contribution in [3.05, 3.63) is 0 Å². The zero-order valence-electron chi connectivity index (χ0n) is 11.5. The highest BCUT2D eigenvalue weighted by Crippen LogP contribution is 2.36. The van der Waals surface area contributed by atoms with Crippen LogP contribution in [0.2, 0.25) is 18.1 Å². The van der Waals surface area contributed by atoms with Gasteiger partial charge < -0.3 is 14.0 Å². The minimum Gasteiger partial charge on any atom is -0.417 e. The lowest BCUT2D eigenvalue weighted by Crippen LogP contribution is -2.41. The number of methoxy groups -OCH3 is 1. The maximum absolute atomic E-state index is 10.4. The first kappa shape index (κ1) is 15.8. The van der Waals surface area contributed by atoms with Crippen LogP contribution in [0.1, 0.15) is 33.6 Å². The van der Waals surface area contributed by atoms with Gasteiger partial charge >= 0.3 is 0 Å². The van der Waals surface area contributed by atoms with Crippen LogP contribution in [0.4, 0.5) is 0 Å². The Morgan fingerprint density at radius 3 is 2.25 bits per heavy atom. The molecule has 0 radical (unpaired) electrons. The fourth-order valence-electron chi connectivity index (χ4n) is 1.10. The zero-order valence-corrected chi connectivity index (χ0v) is 12.5. The Balaban J connectivity index is 4.01. The molecule has 96 valence electrons. The molecule has 0 saturated carbocycles. The molecular weight excluding hydrogens is 220 g/mol. The molecule has 0 fully saturated rings. The van der Waals surface area contributed by atoms with Gasteiger partial charge in [0.15, 0.2) is 8.32 Å². The molecule has 0 aromatic carbocycles. The molecule has 16 heavy (non-hydrogen) atoms. The van der Waals surface area contributed by atoms with E-state index in [2.05, 4.69) is 33.9 Å². The lowest BCUT2D eigenvalue weighted by atomic mass is 10.2. The van der Waals surface area contributed by atoms with Crippen LogP contribution in [0.25, 0.3) is 0 Å². The Labute approximate surface area is 101 Å². The maximum Gasteiger partial charge on any atom is 0.191 e. The molecule has 0 bridgehead atoms. The van der Waals surface area contributed by atoms with Gasteiger partial charge in [0.05, 0.1) is 6.10 Å². The van der Waals surface area contributed by atoms with Gasteiger partial charge in [0.1, 0.15) is 6.29 Å². The first-order chi connectivity index (χ1) is 7.24. The van der Waals surface area contributed by atoms with Gasteiger partial charge in [-0.2, -0.15) is 0 Å². The fourth-order valence-corrected chi connectivity index (χ4v) is 2.16. The maximum atomic E-state index is 10.4. The van der Waals surface area contributed by atoms with Crippen molar-refractivity contribution in [1.82, 2.24) is 0 Å². The van der Waals surface area contributed by atoms with E-state index in [4.69, 9.17) is 9.16 Å². The van der Waals surface area contributed by atoms with Gasteiger partial charge in [-0.15, -0.1) is 0 Å². The van der Waals surface area contributed by atoms with Gasteiger partial charge in [0, 0.05) is 20.1 Å². The number of rotatable bonds is 7. The minimum atomic E-state index is -1.65. The third-order valence-electron chi connectivity index (χ3n) is 3.40. The van der Waals surface area contributed by atoms with E-state index in [1.54, 1.807) is 7.11 Å². The van der Waals surface area contributed by atoms with Crippen molar-refractivity contribution in [1.29, 1.82) is 0 Å². The molecule has 0 spiro atoms. The summed E-state index contributed by atoms with van der Waals surface area (Å²) in [6.07, 6.45) is 2.15. The molecule has 0 N–H and O–H groups in total. The first-order valence-corrected chi connectivity index (χ1v) is 8.76. The van der Waals surface area contributed by atoms with Crippen LogP contribution in [0, 0.1) is 0 Å². The highest BCUT2D eigenvalue weighted by atomic mass is 28.4.